The van der Waals surface area contributed by atoms with Crippen LogP contribution in [0.15, 0.2) is 41.8 Å². The fourth-order valence-electron chi connectivity index (χ4n) is 1.11. The number of hydrogen-bond donors (Lipinski definition) is 1. The third-order valence-corrected chi connectivity index (χ3v) is 2.18. The molecule has 0 bridgehead atoms. The van der Waals surface area contributed by atoms with Crippen LogP contribution in [0.2, 0.25) is 5.15 Å². The van der Waals surface area contributed by atoms with Crippen molar-refractivity contribution >= 4 is 23.6 Å². The van der Waals surface area contributed by atoms with Crippen molar-refractivity contribution in [1.82, 2.24) is 9.97 Å². The molecular formula is C11H8ClFN4. The van der Waals surface area contributed by atoms with Gasteiger partial charge in [0.15, 0.2) is 11.0 Å². The van der Waals surface area contributed by atoms with Crippen LogP contribution < -0.4 is 5.43 Å². The Balaban J connectivity index is 2.03. The molecule has 0 saturated carbocycles. The molecule has 1 N–H and O–H groups in total. The van der Waals surface area contributed by atoms with Gasteiger partial charge in [0.25, 0.3) is 0 Å². The second-order valence-electron chi connectivity index (χ2n) is 3.12. The van der Waals surface area contributed by atoms with Crippen LogP contribution in [-0.4, -0.2) is 16.2 Å². The number of nitrogens with zero attached hydrogens (tertiary/aromatic N) is 3. The van der Waals surface area contributed by atoms with Crippen LogP contribution >= 0.6 is 11.6 Å². The highest BCUT2D eigenvalue weighted by Gasteiger charge is 1.98. The van der Waals surface area contributed by atoms with E-state index in [-0.39, 0.29) is 11.0 Å². The van der Waals surface area contributed by atoms with Crippen LogP contribution in [0, 0.1) is 5.82 Å². The number of benzene rings is 1. The molecule has 0 aliphatic carbocycles. The van der Waals surface area contributed by atoms with Crippen molar-refractivity contribution in [3.63, 3.8) is 0 Å². The minimum absolute atomic E-state index is 0.240. The summed E-state index contributed by atoms with van der Waals surface area (Å²) < 4.78 is 12.6. The Kier molecular flexibility index (Phi) is 3.62. The molecule has 0 aliphatic heterocycles. The highest BCUT2D eigenvalue weighted by Crippen LogP contribution is 2.13. The van der Waals surface area contributed by atoms with E-state index < -0.39 is 0 Å². The Morgan fingerprint density at radius 3 is 2.59 bits per heavy atom. The minimum atomic E-state index is -0.285. The lowest BCUT2D eigenvalue weighted by Gasteiger charge is -1.99. The van der Waals surface area contributed by atoms with Gasteiger partial charge in [-0.05, 0) is 17.7 Å². The molecule has 17 heavy (non-hydrogen) atoms. The molecule has 0 atom stereocenters. The number of hydrazone groups is 1. The first-order chi connectivity index (χ1) is 8.25. The van der Waals surface area contributed by atoms with Gasteiger partial charge < -0.3 is 0 Å². The van der Waals surface area contributed by atoms with Gasteiger partial charge >= 0.3 is 0 Å². The summed E-state index contributed by atoms with van der Waals surface area (Å²) >= 11 is 5.77. The Hall–Kier alpha value is -2.01. The molecule has 0 fully saturated rings. The van der Waals surface area contributed by atoms with Crippen molar-refractivity contribution in [3.8, 4) is 0 Å². The van der Waals surface area contributed by atoms with E-state index in [4.69, 9.17) is 11.6 Å². The molecule has 0 unspecified atom stereocenters. The minimum Gasteiger partial charge on any atom is -0.259 e. The molecule has 0 aliphatic rings. The molecule has 1 aromatic heterocycles. The molecule has 2 rings (SSSR count). The molecule has 6 heteroatoms. The molecule has 1 aromatic carbocycles. The molecule has 0 spiro atoms. The van der Waals surface area contributed by atoms with Gasteiger partial charge in [-0.2, -0.15) is 5.10 Å². The highest BCUT2D eigenvalue weighted by molar-refractivity contribution is 6.31. The van der Waals surface area contributed by atoms with Crippen molar-refractivity contribution in [2.75, 3.05) is 5.43 Å². The van der Waals surface area contributed by atoms with Gasteiger partial charge in [-0.1, -0.05) is 23.7 Å². The third-order valence-electron chi connectivity index (χ3n) is 1.91. The normalized spacial score (nSPS) is 10.7. The average Bonchev–Trinajstić information content (AvgIpc) is 2.34. The van der Waals surface area contributed by atoms with E-state index in [0.29, 0.717) is 5.82 Å². The molecule has 0 amide bonds. The molecule has 4 nitrogen and oxygen atoms in total. The lowest BCUT2D eigenvalue weighted by atomic mass is 10.2. The molecule has 1 heterocycles. The van der Waals surface area contributed by atoms with Crippen LogP contribution in [-0.2, 0) is 0 Å². The standard InChI is InChI=1S/C11H8ClFN4/c12-10-11(15-6-5-14-10)17-16-7-8-1-3-9(13)4-2-8/h1-7H,(H,15,17). The predicted molar refractivity (Wildman–Crippen MR) is 64.7 cm³/mol. The summed E-state index contributed by atoms with van der Waals surface area (Å²) in [4.78, 5) is 7.78. The molecule has 0 saturated heterocycles. The number of aromatic nitrogens is 2. The van der Waals surface area contributed by atoms with E-state index in [1.54, 1.807) is 12.1 Å². The largest absolute Gasteiger partial charge is 0.259 e. The summed E-state index contributed by atoms with van der Waals surface area (Å²) in [6, 6.07) is 5.94. The number of nitrogens with one attached hydrogen (secondary N) is 1. The Labute approximate surface area is 102 Å². The highest BCUT2D eigenvalue weighted by atomic mass is 35.5. The van der Waals surface area contributed by atoms with Gasteiger partial charge in [0.1, 0.15) is 5.82 Å². The first-order valence-electron chi connectivity index (χ1n) is 4.77. The number of halogens is 2. The van der Waals surface area contributed by atoms with Crippen molar-refractivity contribution in [2.24, 2.45) is 5.10 Å². The van der Waals surface area contributed by atoms with Crippen molar-refractivity contribution in [2.45, 2.75) is 0 Å². The number of anilines is 1. The predicted octanol–water partition coefficient (Wildman–Crippen LogP) is 2.72. The number of rotatable bonds is 3. The van der Waals surface area contributed by atoms with E-state index in [0.717, 1.165) is 5.56 Å². The van der Waals surface area contributed by atoms with Gasteiger partial charge in [-0.15, -0.1) is 0 Å². The van der Waals surface area contributed by atoms with Crippen LogP contribution in [0.3, 0.4) is 0 Å². The Bertz CT molecular complexity index is 527. The SMILES string of the molecule is Fc1ccc(C=NNc2nccnc2Cl)cc1. The molecule has 86 valence electrons. The fraction of sp³-hybridized carbons (Fsp3) is 0. The van der Waals surface area contributed by atoms with Crippen molar-refractivity contribution < 1.29 is 4.39 Å². The zero-order valence-corrected chi connectivity index (χ0v) is 9.39. The van der Waals surface area contributed by atoms with Gasteiger partial charge in [0, 0.05) is 12.4 Å². The quantitative estimate of drug-likeness (QED) is 0.673. The maximum absolute atomic E-state index is 12.6. The summed E-state index contributed by atoms with van der Waals surface area (Å²) in [5, 5.41) is 4.16. The molecular weight excluding hydrogens is 243 g/mol. The van der Waals surface area contributed by atoms with Crippen LogP contribution in [0.1, 0.15) is 5.56 Å². The first-order valence-corrected chi connectivity index (χ1v) is 5.14. The third kappa shape index (κ3) is 3.22. The topological polar surface area (TPSA) is 50.2 Å². The van der Waals surface area contributed by atoms with E-state index in [2.05, 4.69) is 20.5 Å². The monoisotopic (exact) mass is 250 g/mol. The molecule has 2 aromatic rings. The van der Waals surface area contributed by atoms with Gasteiger partial charge in [-0.25, -0.2) is 14.4 Å². The second kappa shape index (κ2) is 5.36. The smallest absolute Gasteiger partial charge is 0.184 e. The summed E-state index contributed by atoms with van der Waals surface area (Å²) in [6.45, 7) is 0. The summed E-state index contributed by atoms with van der Waals surface area (Å²) in [5.74, 6) is 0.0830. The van der Waals surface area contributed by atoms with Crippen molar-refractivity contribution in [1.29, 1.82) is 0 Å². The van der Waals surface area contributed by atoms with Crippen molar-refractivity contribution in [3.05, 3.63) is 53.2 Å². The van der Waals surface area contributed by atoms with E-state index in [1.165, 1.54) is 30.7 Å². The summed E-state index contributed by atoms with van der Waals surface area (Å²) in [7, 11) is 0. The second-order valence-corrected chi connectivity index (χ2v) is 3.48. The summed E-state index contributed by atoms with van der Waals surface area (Å²) in [5.41, 5.74) is 3.41. The fourth-order valence-corrected chi connectivity index (χ4v) is 1.26. The summed E-state index contributed by atoms with van der Waals surface area (Å²) in [6.07, 6.45) is 4.52. The lowest BCUT2D eigenvalue weighted by Crippen LogP contribution is -1.95. The maximum Gasteiger partial charge on any atom is 0.184 e. The van der Waals surface area contributed by atoms with Gasteiger partial charge in [0.2, 0.25) is 0 Å². The van der Waals surface area contributed by atoms with E-state index >= 15 is 0 Å². The van der Waals surface area contributed by atoms with Gasteiger partial charge in [-0.3, -0.25) is 5.43 Å². The van der Waals surface area contributed by atoms with Crippen LogP contribution in [0.25, 0.3) is 0 Å². The maximum atomic E-state index is 12.6. The van der Waals surface area contributed by atoms with Crippen LogP contribution in [0.4, 0.5) is 10.2 Å². The Morgan fingerprint density at radius 1 is 1.18 bits per heavy atom. The van der Waals surface area contributed by atoms with E-state index in [1.807, 2.05) is 0 Å². The Morgan fingerprint density at radius 2 is 1.88 bits per heavy atom. The zero-order chi connectivity index (χ0) is 12.1. The van der Waals surface area contributed by atoms with Crippen LogP contribution in [0.5, 0.6) is 0 Å². The van der Waals surface area contributed by atoms with E-state index in [9.17, 15) is 4.39 Å². The number of hydrogen-bond acceptors (Lipinski definition) is 4. The average molecular weight is 251 g/mol. The van der Waals surface area contributed by atoms with Gasteiger partial charge in [0.05, 0.1) is 6.21 Å². The first kappa shape index (κ1) is 11.5. The molecule has 0 radical (unpaired) electrons. The zero-order valence-electron chi connectivity index (χ0n) is 8.64. The lowest BCUT2D eigenvalue weighted by molar-refractivity contribution is 0.628.